The van der Waals surface area contributed by atoms with Gasteiger partial charge in [0.1, 0.15) is 5.82 Å². The molecule has 0 spiro atoms. The van der Waals surface area contributed by atoms with Gasteiger partial charge >= 0.3 is 6.09 Å². The Labute approximate surface area is 103 Å². The molecule has 1 aromatic rings. The number of rotatable bonds is 2. The largest absolute Gasteiger partial charge is 0.449 e. The third-order valence-corrected chi connectivity index (χ3v) is 2.87. The predicted molar refractivity (Wildman–Crippen MR) is 60.7 cm³/mol. The van der Waals surface area contributed by atoms with Crippen molar-refractivity contribution >= 4 is 23.4 Å². The second-order valence-corrected chi connectivity index (χ2v) is 4.24. The summed E-state index contributed by atoms with van der Waals surface area (Å²) in [5, 5.41) is 8.98. The summed E-state index contributed by atoms with van der Waals surface area (Å²) in [6.45, 7) is 0.455. The number of aliphatic hydroxyl groups is 1. The number of nitrogens with zero attached hydrogens (tertiary/aromatic N) is 1. The van der Waals surface area contributed by atoms with E-state index in [4.69, 9.17) is 21.4 Å². The molecule has 1 aromatic carbocycles. The van der Waals surface area contributed by atoms with E-state index in [1.54, 1.807) is 0 Å². The fourth-order valence-electron chi connectivity index (χ4n) is 1.63. The van der Waals surface area contributed by atoms with Crippen molar-refractivity contribution in [2.45, 2.75) is 0 Å². The predicted octanol–water partition coefficient (Wildman–Crippen LogP) is 2.04. The van der Waals surface area contributed by atoms with E-state index >= 15 is 0 Å². The molecule has 1 aliphatic heterocycles. The van der Waals surface area contributed by atoms with Gasteiger partial charge in [-0.25, -0.2) is 9.18 Å². The van der Waals surface area contributed by atoms with Gasteiger partial charge in [0.2, 0.25) is 0 Å². The first-order valence-electron chi connectivity index (χ1n) is 5.12. The summed E-state index contributed by atoms with van der Waals surface area (Å²) in [5.41, 5.74) is 0.458. The van der Waals surface area contributed by atoms with Crippen LogP contribution < -0.4 is 4.90 Å². The van der Waals surface area contributed by atoms with Gasteiger partial charge in [-0.1, -0.05) is 11.6 Å². The summed E-state index contributed by atoms with van der Waals surface area (Å²) >= 11 is 5.65. The number of ether oxygens (including phenoxy) is 1. The summed E-state index contributed by atoms with van der Waals surface area (Å²) in [7, 11) is 0. The number of aliphatic hydroxyl groups excluding tert-OH is 1. The van der Waals surface area contributed by atoms with Crippen molar-refractivity contribution in [3.8, 4) is 0 Å². The smallest absolute Gasteiger partial charge is 0.414 e. The van der Waals surface area contributed by atoms with Gasteiger partial charge in [0.05, 0.1) is 18.2 Å². The standard InChI is InChI=1S/C11H11ClFNO3/c12-9-3-8(1-2-10(9)13)14-4-7(5-15)6-17-11(14)16/h1-3,7,15H,4-6H2. The molecule has 6 heteroatoms. The molecule has 1 N–H and O–H groups in total. The van der Waals surface area contributed by atoms with E-state index in [-0.39, 0.29) is 24.2 Å². The Morgan fingerprint density at radius 3 is 3.00 bits per heavy atom. The average Bonchev–Trinajstić information content (AvgIpc) is 2.33. The van der Waals surface area contributed by atoms with Gasteiger partial charge < -0.3 is 9.84 Å². The van der Waals surface area contributed by atoms with Gasteiger partial charge in [-0.15, -0.1) is 0 Å². The number of cyclic esters (lactones) is 1. The highest BCUT2D eigenvalue weighted by Crippen LogP contribution is 2.25. The van der Waals surface area contributed by atoms with E-state index in [1.807, 2.05) is 0 Å². The van der Waals surface area contributed by atoms with Crippen LogP contribution in [-0.4, -0.2) is 31.0 Å². The Morgan fingerprint density at radius 1 is 1.59 bits per heavy atom. The van der Waals surface area contributed by atoms with Crippen LogP contribution >= 0.6 is 11.6 Å². The monoisotopic (exact) mass is 259 g/mol. The molecule has 1 amide bonds. The summed E-state index contributed by atoms with van der Waals surface area (Å²) in [6, 6.07) is 3.99. The van der Waals surface area contributed by atoms with Crippen molar-refractivity contribution in [1.82, 2.24) is 0 Å². The topological polar surface area (TPSA) is 49.8 Å². The van der Waals surface area contributed by atoms with Crippen molar-refractivity contribution in [3.63, 3.8) is 0 Å². The average molecular weight is 260 g/mol. The Balaban J connectivity index is 2.24. The minimum atomic E-state index is -0.542. The van der Waals surface area contributed by atoms with Gasteiger partial charge in [-0.3, -0.25) is 4.90 Å². The first-order chi connectivity index (χ1) is 8.11. The summed E-state index contributed by atoms with van der Waals surface area (Å²) in [4.78, 5) is 12.9. The van der Waals surface area contributed by atoms with E-state index in [2.05, 4.69) is 0 Å². The van der Waals surface area contributed by atoms with E-state index in [9.17, 15) is 9.18 Å². The molecule has 0 aromatic heterocycles. The Morgan fingerprint density at radius 2 is 2.35 bits per heavy atom. The molecule has 0 aliphatic carbocycles. The maximum atomic E-state index is 13.0. The van der Waals surface area contributed by atoms with Crippen LogP contribution in [0.1, 0.15) is 0 Å². The quantitative estimate of drug-likeness (QED) is 0.884. The van der Waals surface area contributed by atoms with Gasteiger partial charge in [-0.2, -0.15) is 0 Å². The molecule has 1 fully saturated rings. The van der Waals surface area contributed by atoms with E-state index in [0.29, 0.717) is 12.2 Å². The van der Waals surface area contributed by atoms with E-state index in [0.717, 1.165) is 0 Å². The highest BCUT2D eigenvalue weighted by Gasteiger charge is 2.28. The molecule has 17 heavy (non-hydrogen) atoms. The van der Waals surface area contributed by atoms with Crippen LogP contribution in [0.2, 0.25) is 5.02 Å². The van der Waals surface area contributed by atoms with Crippen molar-refractivity contribution in [2.24, 2.45) is 5.92 Å². The number of carbonyl (C=O) groups excluding carboxylic acids is 1. The van der Waals surface area contributed by atoms with E-state index in [1.165, 1.54) is 23.1 Å². The van der Waals surface area contributed by atoms with Crippen molar-refractivity contribution in [3.05, 3.63) is 29.0 Å². The highest BCUT2D eigenvalue weighted by atomic mass is 35.5. The van der Waals surface area contributed by atoms with Gasteiger partial charge in [0, 0.05) is 18.2 Å². The fourth-order valence-corrected chi connectivity index (χ4v) is 1.80. The second-order valence-electron chi connectivity index (χ2n) is 3.83. The zero-order valence-electron chi connectivity index (χ0n) is 8.90. The number of anilines is 1. The summed E-state index contributed by atoms with van der Waals surface area (Å²) in [5.74, 6) is -0.684. The number of hydrogen-bond acceptors (Lipinski definition) is 3. The van der Waals surface area contributed by atoms with Gasteiger partial charge in [0.15, 0.2) is 0 Å². The molecule has 1 aliphatic rings. The minimum Gasteiger partial charge on any atom is -0.449 e. The lowest BCUT2D eigenvalue weighted by Gasteiger charge is -2.31. The zero-order valence-corrected chi connectivity index (χ0v) is 9.65. The van der Waals surface area contributed by atoms with Crippen molar-refractivity contribution in [2.75, 3.05) is 24.7 Å². The fraction of sp³-hybridized carbons (Fsp3) is 0.364. The highest BCUT2D eigenvalue weighted by molar-refractivity contribution is 6.31. The summed E-state index contributed by atoms with van der Waals surface area (Å²) < 4.78 is 17.9. The first kappa shape index (κ1) is 12.1. The van der Waals surface area contributed by atoms with E-state index < -0.39 is 11.9 Å². The van der Waals surface area contributed by atoms with Gasteiger partial charge in [0.25, 0.3) is 0 Å². The molecular formula is C11H11ClFNO3. The molecule has 4 nitrogen and oxygen atoms in total. The molecule has 0 saturated carbocycles. The van der Waals surface area contributed by atoms with Crippen molar-refractivity contribution < 1.29 is 19.0 Å². The Kier molecular flexibility index (Phi) is 3.49. The normalized spacial score (nSPS) is 20.3. The third-order valence-electron chi connectivity index (χ3n) is 2.58. The van der Waals surface area contributed by atoms with Crippen LogP contribution in [0.25, 0.3) is 0 Å². The number of benzene rings is 1. The first-order valence-corrected chi connectivity index (χ1v) is 5.50. The number of amides is 1. The summed E-state index contributed by atoms with van der Waals surface area (Å²) in [6.07, 6.45) is -0.516. The maximum absolute atomic E-state index is 13.0. The van der Waals surface area contributed by atoms with Crippen molar-refractivity contribution in [1.29, 1.82) is 0 Å². The third kappa shape index (κ3) is 2.50. The van der Waals surface area contributed by atoms with Crippen LogP contribution in [0.3, 0.4) is 0 Å². The molecule has 1 unspecified atom stereocenters. The maximum Gasteiger partial charge on any atom is 0.414 e. The van der Waals surface area contributed by atoms with Crippen LogP contribution in [0.5, 0.6) is 0 Å². The number of halogens is 2. The Hall–Kier alpha value is -1.33. The minimum absolute atomic E-state index is 0.0542. The lowest BCUT2D eigenvalue weighted by Crippen LogP contribution is -2.44. The second kappa shape index (κ2) is 4.89. The molecular weight excluding hydrogens is 249 g/mol. The van der Waals surface area contributed by atoms with Crippen LogP contribution in [0.15, 0.2) is 18.2 Å². The molecule has 0 radical (unpaired) electrons. The Bertz CT molecular complexity index is 441. The number of carbonyl (C=O) groups is 1. The lowest BCUT2D eigenvalue weighted by atomic mass is 10.1. The molecule has 1 atom stereocenters. The van der Waals surface area contributed by atoms with Crippen LogP contribution in [-0.2, 0) is 4.74 Å². The molecule has 1 heterocycles. The lowest BCUT2D eigenvalue weighted by molar-refractivity contribution is 0.0900. The SMILES string of the molecule is O=C1OCC(CO)CN1c1ccc(F)c(Cl)c1. The molecule has 0 bridgehead atoms. The molecule has 92 valence electrons. The number of hydrogen-bond donors (Lipinski definition) is 1. The molecule has 1 saturated heterocycles. The molecule has 2 rings (SSSR count). The van der Waals surface area contributed by atoms with Gasteiger partial charge in [-0.05, 0) is 18.2 Å². The van der Waals surface area contributed by atoms with Crippen LogP contribution in [0.4, 0.5) is 14.9 Å². The zero-order chi connectivity index (χ0) is 12.4. The van der Waals surface area contributed by atoms with Crippen LogP contribution in [0, 0.1) is 11.7 Å².